The molecule has 32 heavy (non-hydrogen) atoms. The Bertz CT molecular complexity index is 1320. The fraction of sp³-hybridized carbons (Fsp3) is 0.227. The summed E-state index contributed by atoms with van der Waals surface area (Å²) in [7, 11) is 0. The summed E-state index contributed by atoms with van der Waals surface area (Å²) >= 11 is 5.55. The number of furan rings is 1. The smallest absolute Gasteiger partial charge is 0.222 e. The summed E-state index contributed by atoms with van der Waals surface area (Å²) in [6, 6.07) is 12.5. The van der Waals surface area contributed by atoms with Gasteiger partial charge in [-0.3, -0.25) is 0 Å². The Morgan fingerprint density at radius 1 is 1.06 bits per heavy atom. The minimum atomic E-state index is -0.148. The quantitative estimate of drug-likeness (QED) is 0.273. The highest BCUT2D eigenvalue weighted by Crippen LogP contribution is 2.33. The SMILES string of the molecule is Nc1nc(N2CCN(C(=S)NCc3ccc(O)c(O)c3)CC2)c2oc3ccccc3c2n1. The number of hydrogen-bond acceptors (Lipinski definition) is 8. The Balaban J connectivity index is 1.28. The van der Waals surface area contributed by atoms with E-state index in [0.29, 0.717) is 49.2 Å². The van der Waals surface area contributed by atoms with Gasteiger partial charge in [-0.25, -0.2) is 4.98 Å². The predicted octanol–water partition coefficient (Wildman–Crippen LogP) is 2.57. The first-order valence-electron chi connectivity index (χ1n) is 10.2. The maximum Gasteiger partial charge on any atom is 0.222 e. The Kier molecular flexibility index (Phi) is 5.06. The van der Waals surface area contributed by atoms with Gasteiger partial charge in [0, 0.05) is 38.1 Å². The molecule has 2 aromatic heterocycles. The van der Waals surface area contributed by atoms with Crippen LogP contribution in [0.25, 0.3) is 22.1 Å². The van der Waals surface area contributed by atoms with Gasteiger partial charge >= 0.3 is 0 Å². The van der Waals surface area contributed by atoms with E-state index in [-0.39, 0.29) is 17.4 Å². The van der Waals surface area contributed by atoms with Gasteiger partial charge in [0.25, 0.3) is 0 Å². The zero-order chi connectivity index (χ0) is 22.2. The number of anilines is 2. The molecule has 1 fully saturated rings. The number of nitrogens with two attached hydrogens (primary N) is 1. The molecule has 0 aliphatic carbocycles. The molecule has 0 radical (unpaired) electrons. The molecule has 5 N–H and O–H groups in total. The van der Waals surface area contributed by atoms with E-state index >= 15 is 0 Å². The van der Waals surface area contributed by atoms with Gasteiger partial charge < -0.3 is 35.5 Å². The molecule has 5 rings (SSSR count). The summed E-state index contributed by atoms with van der Waals surface area (Å²) in [5.74, 6) is 0.624. The van der Waals surface area contributed by atoms with Gasteiger partial charge in [0.2, 0.25) is 5.95 Å². The highest BCUT2D eigenvalue weighted by Gasteiger charge is 2.24. The van der Waals surface area contributed by atoms with Crippen LogP contribution in [0.3, 0.4) is 0 Å². The Labute approximate surface area is 189 Å². The molecule has 1 aliphatic heterocycles. The first-order valence-corrected chi connectivity index (χ1v) is 10.6. The van der Waals surface area contributed by atoms with Crippen molar-refractivity contribution >= 4 is 51.2 Å². The number of phenolic OH excluding ortho intramolecular Hbond substituents is 2. The van der Waals surface area contributed by atoms with Gasteiger partial charge in [-0.1, -0.05) is 18.2 Å². The molecular formula is C22H22N6O3S. The van der Waals surface area contributed by atoms with Crippen molar-refractivity contribution in [2.45, 2.75) is 6.54 Å². The molecule has 1 saturated heterocycles. The van der Waals surface area contributed by atoms with Crippen molar-refractivity contribution in [3.8, 4) is 11.5 Å². The zero-order valence-corrected chi connectivity index (χ0v) is 18.0. The third kappa shape index (κ3) is 3.69. The molecule has 4 aromatic rings. The van der Waals surface area contributed by atoms with E-state index in [0.717, 1.165) is 22.0 Å². The number of nitrogens with zero attached hydrogens (tertiary/aromatic N) is 4. The van der Waals surface area contributed by atoms with Crippen molar-refractivity contribution in [1.82, 2.24) is 20.2 Å². The highest BCUT2D eigenvalue weighted by molar-refractivity contribution is 7.80. The molecule has 3 heterocycles. The summed E-state index contributed by atoms with van der Waals surface area (Å²) in [6.07, 6.45) is 0. The second-order valence-corrected chi connectivity index (χ2v) is 8.02. The fourth-order valence-corrected chi connectivity index (χ4v) is 4.15. The second kappa shape index (κ2) is 8.04. The standard InChI is InChI=1S/C22H22N6O3S/c23-21-25-18-14-3-1-2-4-17(14)31-19(18)20(26-21)27-7-9-28(10-8-27)22(32)24-12-13-5-6-15(29)16(30)11-13/h1-6,11,29-30H,7-10,12H2,(H,24,32)(H2,23,25,26). The summed E-state index contributed by atoms with van der Waals surface area (Å²) < 4.78 is 6.06. The number of phenols is 2. The molecule has 164 valence electrons. The van der Waals surface area contributed by atoms with E-state index in [2.05, 4.69) is 25.1 Å². The van der Waals surface area contributed by atoms with Crippen molar-refractivity contribution in [1.29, 1.82) is 0 Å². The lowest BCUT2D eigenvalue weighted by Gasteiger charge is -2.36. The van der Waals surface area contributed by atoms with Crippen LogP contribution in [0.4, 0.5) is 11.8 Å². The molecule has 0 saturated carbocycles. The van der Waals surface area contributed by atoms with E-state index < -0.39 is 0 Å². The summed E-state index contributed by atoms with van der Waals surface area (Å²) in [5, 5.41) is 23.8. The van der Waals surface area contributed by atoms with Crippen LogP contribution < -0.4 is 16.0 Å². The lowest BCUT2D eigenvalue weighted by Crippen LogP contribution is -2.51. The van der Waals surface area contributed by atoms with Gasteiger partial charge in [0.1, 0.15) is 11.1 Å². The van der Waals surface area contributed by atoms with Crippen LogP contribution in [0, 0.1) is 0 Å². The number of benzene rings is 2. The van der Waals surface area contributed by atoms with Gasteiger partial charge in [0.05, 0.1) is 0 Å². The van der Waals surface area contributed by atoms with E-state index in [1.54, 1.807) is 6.07 Å². The van der Waals surface area contributed by atoms with Crippen molar-refractivity contribution in [2.24, 2.45) is 0 Å². The maximum atomic E-state index is 9.64. The largest absolute Gasteiger partial charge is 0.504 e. The van der Waals surface area contributed by atoms with Crippen LogP contribution in [-0.4, -0.2) is 56.4 Å². The number of fused-ring (bicyclic) bond motifs is 3. The number of para-hydroxylation sites is 1. The van der Waals surface area contributed by atoms with Gasteiger partial charge in [-0.05, 0) is 42.0 Å². The average Bonchev–Trinajstić information content (AvgIpc) is 3.18. The first kappa shape index (κ1) is 20.1. The monoisotopic (exact) mass is 450 g/mol. The number of piperazine rings is 1. The molecule has 0 bridgehead atoms. The number of thiocarbonyl (C=S) groups is 1. The Hall–Kier alpha value is -3.79. The fourth-order valence-electron chi connectivity index (χ4n) is 3.90. The highest BCUT2D eigenvalue weighted by atomic mass is 32.1. The molecule has 0 spiro atoms. The third-order valence-electron chi connectivity index (χ3n) is 5.57. The number of hydrogen-bond donors (Lipinski definition) is 4. The number of nitrogens with one attached hydrogen (secondary N) is 1. The van der Waals surface area contributed by atoms with Gasteiger partial charge in [0.15, 0.2) is 28.0 Å². The van der Waals surface area contributed by atoms with Gasteiger partial charge in [-0.15, -0.1) is 0 Å². The molecule has 2 aromatic carbocycles. The van der Waals surface area contributed by atoms with E-state index in [4.69, 9.17) is 22.4 Å². The van der Waals surface area contributed by atoms with Crippen LogP contribution >= 0.6 is 12.2 Å². The third-order valence-corrected chi connectivity index (χ3v) is 5.97. The molecule has 1 aliphatic rings. The van der Waals surface area contributed by atoms with E-state index in [9.17, 15) is 10.2 Å². The van der Waals surface area contributed by atoms with Crippen LogP contribution in [-0.2, 0) is 6.54 Å². The summed E-state index contributed by atoms with van der Waals surface area (Å²) in [4.78, 5) is 13.1. The molecule has 10 heteroatoms. The van der Waals surface area contributed by atoms with Crippen molar-refractivity contribution < 1.29 is 14.6 Å². The van der Waals surface area contributed by atoms with Crippen molar-refractivity contribution in [3.63, 3.8) is 0 Å². The topological polar surface area (TPSA) is 124 Å². The van der Waals surface area contributed by atoms with Crippen molar-refractivity contribution in [3.05, 3.63) is 48.0 Å². The predicted molar refractivity (Wildman–Crippen MR) is 127 cm³/mol. The molecule has 9 nitrogen and oxygen atoms in total. The van der Waals surface area contributed by atoms with Crippen LogP contribution in [0.2, 0.25) is 0 Å². The van der Waals surface area contributed by atoms with Crippen LogP contribution in [0.15, 0.2) is 46.9 Å². The van der Waals surface area contributed by atoms with Crippen LogP contribution in [0.1, 0.15) is 5.56 Å². The number of nitrogen functional groups attached to an aromatic ring is 1. The molecule has 0 amide bonds. The second-order valence-electron chi connectivity index (χ2n) is 7.64. The normalized spacial score (nSPS) is 14.2. The Morgan fingerprint density at radius 3 is 2.62 bits per heavy atom. The minimum absolute atomic E-state index is 0.142. The molecule has 0 atom stereocenters. The average molecular weight is 451 g/mol. The number of aromatic nitrogens is 2. The van der Waals surface area contributed by atoms with Gasteiger partial charge in [-0.2, -0.15) is 4.98 Å². The number of aromatic hydroxyl groups is 2. The minimum Gasteiger partial charge on any atom is -0.504 e. The molecule has 0 unspecified atom stereocenters. The zero-order valence-electron chi connectivity index (χ0n) is 17.2. The summed E-state index contributed by atoms with van der Waals surface area (Å²) in [6.45, 7) is 3.26. The Morgan fingerprint density at radius 2 is 1.84 bits per heavy atom. The lowest BCUT2D eigenvalue weighted by atomic mass is 10.2. The number of rotatable bonds is 3. The van der Waals surface area contributed by atoms with Crippen molar-refractivity contribution in [2.75, 3.05) is 36.8 Å². The van der Waals surface area contributed by atoms with Crippen LogP contribution in [0.5, 0.6) is 11.5 Å². The van der Waals surface area contributed by atoms with E-state index in [1.807, 2.05) is 24.3 Å². The summed E-state index contributed by atoms with van der Waals surface area (Å²) in [5.41, 5.74) is 8.95. The maximum absolute atomic E-state index is 9.64. The van der Waals surface area contributed by atoms with E-state index in [1.165, 1.54) is 12.1 Å². The lowest BCUT2D eigenvalue weighted by molar-refractivity contribution is 0.378. The first-order chi connectivity index (χ1) is 15.5. The molecular weight excluding hydrogens is 428 g/mol.